The molecule has 0 radical (unpaired) electrons. The molecule has 11 N–H and O–H groups in total. The van der Waals surface area contributed by atoms with Crippen molar-refractivity contribution < 1.29 is 44.1 Å². The molecule has 2 aromatic carbocycles. The van der Waals surface area contributed by atoms with E-state index in [1.807, 2.05) is 0 Å². The molecule has 4 aromatic rings. The molecular formula is C32H34N8O9. The highest BCUT2D eigenvalue weighted by molar-refractivity contribution is 5.99. The van der Waals surface area contributed by atoms with Crippen molar-refractivity contribution in [3.63, 3.8) is 0 Å². The van der Waals surface area contributed by atoms with Crippen LogP contribution in [0.25, 0.3) is 11.0 Å². The number of aryl methyl sites for hydroxylation is 2. The molecule has 2 heterocycles. The number of nitrogens with one attached hydrogen (secondary N) is 4. The second-order valence-corrected chi connectivity index (χ2v) is 11.0. The van der Waals surface area contributed by atoms with Gasteiger partial charge in [-0.3, -0.25) is 19.2 Å². The lowest BCUT2D eigenvalue weighted by Crippen LogP contribution is -2.41. The number of hydrogen-bond donors (Lipinski definition) is 9. The van der Waals surface area contributed by atoms with Crippen LogP contribution in [-0.4, -0.2) is 78.0 Å². The second-order valence-electron chi connectivity index (χ2n) is 11.0. The van der Waals surface area contributed by atoms with Crippen molar-refractivity contribution in [3.05, 3.63) is 77.0 Å². The third-order valence-corrected chi connectivity index (χ3v) is 7.48. The first kappa shape index (κ1) is 35.3. The first-order valence-electron chi connectivity index (χ1n) is 15.0. The van der Waals surface area contributed by atoms with E-state index in [1.165, 1.54) is 24.3 Å². The smallest absolute Gasteiger partial charge is 0.326 e. The normalized spacial score (nSPS) is 12.1. The fourth-order valence-electron chi connectivity index (χ4n) is 4.95. The van der Waals surface area contributed by atoms with E-state index in [9.17, 15) is 39.0 Å². The van der Waals surface area contributed by atoms with E-state index in [-0.39, 0.29) is 47.8 Å². The molecule has 0 saturated carbocycles. The van der Waals surface area contributed by atoms with Crippen LogP contribution in [0, 0.1) is 0 Å². The summed E-state index contributed by atoms with van der Waals surface area (Å²) in [4.78, 5) is 83.2. The van der Waals surface area contributed by atoms with E-state index in [0.717, 1.165) is 11.1 Å². The highest BCUT2D eigenvalue weighted by atomic mass is 16.4. The number of carboxylic acid groups (broad SMARTS) is 3. The molecule has 0 aliphatic carbocycles. The third kappa shape index (κ3) is 9.74. The predicted molar refractivity (Wildman–Crippen MR) is 176 cm³/mol. The molecular weight excluding hydrogens is 640 g/mol. The molecule has 0 bridgehead atoms. The quantitative estimate of drug-likeness (QED) is 0.0816. The minimum Gasteiger partial charge on any atom is -0.481 e. The first-order valence-corrected chi connectivity index (χ1v) is 15.0. The van der Waals surface area contributed by atoms with Crippen molar-refractivity contribution in [3.8, 4) is 0 Å². The standard InChI is InChI=1S/C32H34N8O9/c33-26-25-19(15-35-27(25)40-32(34)39-26)9-6-16-4-7-17(8-5-16)28(44)37-21(30(46)47)10-12-23(41)36-20-3-1-2-18(14-20)29(45)38-22(31(48)49)11-13-24(42)43/h1-5,7-8,14-15,21-22H,6,9-13H2,(H,36,41)(H,37,44)(H,38,45)(H,42,43)(H,46,47)(H,48,49)(H5,33,34,35,39,40)/t21-,22-/m0/s1. The topological polar surface area (TPSA) is 293 Å². The largest absolute Gasteiger partial charge is 0.481 e. The van der Waals surface area contributed by atoms with Gasteiger partial charge < -0.3 is 47.7 Å². The van der Waals surface area contributed by atoms with Gasteiger partial charge in [0.2, 0.25) is 11.9 Å². The second kappa shape index (κ2) is 15.9. The number of aromatic nitrogens is 3. The molecule has 2 aromatic heterocycles. The zero-order chi connectivity index (χ0) is 35.7. The van der Waals surface area contributed by atoms with Gasteiger partial charge in [-0.05, 0) is 67.1 Å². The lowest BCUT2D eigenvalue weighted by Gasteiger charge is -2.15. The highest BCUT2D eigenvalue weighted by Crippen LogP contribution is 2.24. The first-order chi connectivity index (χ1) is 23.3. The number of aromatic amines is 1. The SMILES string of the molecule is Nc1nc(N)c2c(CCc3ccc(C(=O)N[C@@H](CCC(=O)Nc4cccc(C(=O)N[C@@H](CCC(=O)O)C(=O)O)c4)C(=O)O)cc3)c[nH]c2n1. The monoisotopic (exact) mass is 674 g/mol. The molecule has 4 rings (SSSR count). The highest BCUT2D eigenvalue weighted by Gasteiger charge is 2.23. The van der Waals surface area contributed by atoms with Gasteiger partial charge in [0.15, 0.2) is 0 Å². The van der Waals surface area contributed by atoms with Crippen molar-refractivity contribution in [2.75, 3.05) is 16.8 Å². The minimum absolute atomic E-state index is 0.00365. The van der Waals surface area contributed by atoms with Crippen molar-refractivity contribution in [2.24, 2.45) is 0 Å². The number of H-pyrrole nitrogens is 1. The fraction of sp³-hybridized carbons (Fsp3) is 0.250. The Balaban J connectivity index is 1.28. The summed E-state index contributed by atoms with van der Waals surface area (Å²) in [5.41, 5.74) is 14.4. The Bertz CT molecular complexity index is 1890. The number of benzene rings is 2. The lowest BCUT2D eigenvalue weighted by molar-refractivity contribution is -0.141. The van der Waals surface area contributed by atoms with Gasteiger partial charge in [-0.2, -0.15) is 9.97 Å². The van der Waals surface area contributed by atoms with Gasteiger partial charge >= 0.3 is 17.9 Å². The number of nitrogen functional groups attached to an aromatic ring is 2. The molecule has 2 atom stereocenters. The third-order valence-electron chi connectivity index (χ3n) is 7.48. The van der Waals surface area contributed by atoms with Gasteiger partial charge in [-0.15, -0.1) is 0 Å². The summed E-state index contributed by atoms with van der Waals surface area (Å²) >= 11 is 0. The average molecular weight is 675 g/mol. The molecule has 0 spiro atoms. The predicted octanol–water partition coefficient (Wildman–Crippen LogP) is 1.56. The number of amides is 3. The fourth-order valence-corrected chi connectivity index (χ4v) is 4.95. The Hall–Kier alpha value is -6.52. The van der Waals surface area contributed by atoms with Gasteiger partial charge in [0.1, 0.15) is 23.5 Å². The van der Waals surface area contributed by atoms with Crippen LogP contribution in [0.15, 0.2) is 54.7 Å². The number of nitrogens with two attached hydrogens (primary N) is 2. The lowest BCUT2D eigenvalue weighted by atomic mass is 10.0. The number of carboxylic acids is 3. The van der Waals surface area contributed by atoms with E-state index in [2.05, 4.69) is 30.9 Å². The summed E-state index contributed by atoms with van der Waals surface area (Å²) in [6.07, 6.45) is 1.67. The molecule has 0 fully saturated rings. The van der Waals surface area contributed by atoms with Crippen molar-refractivity contribution in [1.29, 1.82) is 0 Å². The molecule has 0 saturated heterocycles. The van der Waals surface area contributed by atoms with E-state index < -0.39 is 54.1 Å². The summed E-state index contributed by atoms with van der Waals surface area (Å²) in [5, 5.41) is 35.6. The van der Waals surface area contributed by atoms with Gasteiger partial charge in [0.05, 0.1) is 5.39 Å². The number of carbonyl (C=O) groups is 6. The molecule has 3 amide bonds. The summed E-state index contributed by atoms with van der Waals surface area (Å²) in [6.45, 7) is 0. The molecule has 49 heavy (non-hydrogen) atoms. The zero-order valence-corrected chi connectivity index (χ0v) is 25.9. The van der Waals surface area contributed by atoms with Crippen molar-refractivity contribution in [2.45, 2.75) is 50.6 Å². The van der Waals surface area contributed by atoms with E-state index in [0.29, 0.717) is 23.9 Å². The summed E-state index contributed by atoms with van der Waals surface area (Å²) in [5.74, 6) is -5.64. The van der Waals surface area contributed by atoms with Crippen LogP contribution in [0.1, 0.15) is 57.5 Å². The van der Waals surface area contributed by atoms with Crippen molar-refractivity contribution in [1.82, 2.24) is 25.6 Å². The van der Waals surface area contributed by atoms with Crippen LogP contribution in [0.4, 0.5) is 17.5 Å². The van der Waals surface area contributed by atoms with Gasteiger partial charge in [0.25, 0.3) is 11.8 Å². The molecule has 0 aliphatic rings. The maximum atomic E-state index is 12.8. The van der Waals surface area contributed by atoms with Crippen LogP contribution in [0.5, 0.6) is 0 Å². The van der Waals surface area contributed by atoms with Gasteiger partial charge in [-0.25, -0.2) is 9.59 Å². The minimum atomic E-state index is -1.43. The van der Waals surface area contributed by atoms with E-state index in [4.69, 9.17) is 16.6 Å². The summed E-state index contributed by atoms with van der Waals surface area (Å²) in [7, 11) is 0. The molecule has 0 aliphatic heterocycles. The Morgan fingerprint density at radius 2 is 1.41 bits per heavy atom. The van der Waals surface area contributed by atoms with Gasteiger partial charge in [0, 0.05) is 35.9 Å². The van der Waals surface area contributed by atoms with Crippen LogP contribution < -0.4 is 27.4 Å². The average Bonchev–Trinajstić information content (AvgIpc) is 3.46. The maximum Gasteiger partial charge on any atom is 0.326 e. The molecule has 256 valence electrons. The molecule has 17 nitrogen and oxygen atoms in total. The number of carbonyl (C=O) groups excluding carboxylic acids is 3. The number of hydrogen-bond acceptors (Lipinski definition) is 10. The van der Waals surface area contributed by atoms with Crippen LogP contribution >= 0.6 is 0 Å². The summed E-state index contributed by atoms with van der Waals surface area (Å²) < 4.78 is 0. The van der Waals surface area contributed by atoms with E-state index in [1.54, 1.807) is 30.5 Å². The molecule has 0 unspecified atom stereocenters. The van der Waals surface area contributed by atoms with Crippen LogP contribution in [0.2, 0.25) is 0 Å². The van der Waals surface area contributed by atoms with Crippen LogP contribution in [0.3, 0.4) is 0 Å². The number of fused-ring (bicyclic) bond motifs is 1. The number of aliphatic carboxylic acids is 3. The van der Waals surface area contributed by atoms with Crippen molar-refractivity contribution >= 4 is 64.1 Å². The Morgan fingerprint density at radius 1 is 0.776 bits per heavy atom. The number of nitrogens with zero attached hydrogens (tertiary/aromatic N) is 2. The maximum absolute atomic E-state index is 12.8. The summed E-state index contributed by atoms with van der Waals surface area (Å²) in [6, 6.07) is 9.37. The number of rotatable bonds is 16. The Labute approximate surface area is 278 Å². The van der Waals surface area contributed by atoms with Crippen LogP contribution in [-0.2, 0) is 32.0 Å². The Morgan fingerprint density at radius 3 is 2.04 bits per heavy atom. The Kier molecular flexibility index (Phi) is 11.4. The van der Waals surface area contributed by atoms with Gasteiger partial charge in [-0.1, -0.05) is 18.2 Å². The zero-order valence-electron chi connectivity index (χ0n) is 25.9. The molecule has 17 heteroatoms. The van der Waals surface area contributed by atoms with E-state index >= 15 is 0 Å². The number of anilines is 3.